The zero-order valence-corrected chi connectivity index (χ0v) is 14.2. The molecule has 0 aromatic heterocycles. The molecule has 0 amide bonds. The molecule has 0 heterocycles. The summed E-state index contributed by atoms with van der Waals surface area (Å²) in [6, 6.07) is 4.14. The number of rotatable bonds is 7. The molecular formula is C15H25FN2O2S. The third-order valence-corrected chi connectivity index (χ3v) is 4.95. The summed E-state index contributed by atoms with van der Waals surface area (Å²) in [5.74, 6) is -0.338. The van der Waals surface area contributed by atoms with Crippen LogP contribution in [0.3, 0.4) is 0 Å². The molecule has 1 rings (SSSR count). The van der Waals surface area contributed by atoms with Crippen LogP contribution in [-0.4, -0.2) is 32.4 Å². The second-order valence-electron chi connectivity index (χ2n) is 5.97. The van der Waals surface area contributed by atoms with Gasteiger partial charge in [-0.05, 0) is 23.6 Å². The highest BCUT2D eigenvalue weighted by atomic mass is 32.2. The Balaban J connectivity index is 3.17. The summed E-state index contributed by atoms with van der Waals surface area (Å²) in [4.78, 5) is 0.0406. The Morgan fingerprint density at radius 3 is 2.38 bits per heavy atom. The molecule has 4 nitrogen and oxygen atoms in total. The fourth-order valence-corrected chi connectivity index (χ4v) is 3.57. The number of hydrogen-bond donors (Lipinski definition) is 1. The summed E-state index contributed by atoms with van der Waals surface area (Å²) in [5, 5.41) is 3.17. The zero-order valence-electron chi connectivity index (χ0n) is 13.4. The van der Waals surface area contributed by atoms with E-state index in [0.717, 1.165) is 6.07 Å². The normalized spacial score (nSPS) is 12.6. The first kappa shape index (κ1) is 18.1. The summed E-state index contributed by atoms with van der Waals surface area (Å²) in [6.45, 7) is 8.63. The van der Waals surface area contributed by atoms with Crippen molar-refractivity contribution in [2.75, 3.05) is 13.6 Å². The maximum absolute atomic E-state index is 13.5. The van der Waals surface area contributed by atoms with Crippen LogP contribution in [0.25, 0.3) is 0 Å². The Bertz CT molecular complexity index is 571. The van der Waals surface area contributed by atoms with Crippen molar-refractivity contribution in [1.29, 1.82) is 0 Å². The molecule has 1 aromatic carbocycles. The Kier molecular flexibility index (Phi) is 6.31. The van der Waals surface area contributed by atoms with Crippen LogP contribution in [0.2, 0.25) is 0 Å². The lowest BCUT2D eigenvalue weighted by molar-refractivity contribution is 0.416. The van der Waals surface area contributed by atoms with E-state index in [1.807, 2.05) is 27.7 Å². The minimum atomic E-state index is -3.68. The van der Waals surface area contributed by atoms with E-state index in [1.54, 1.807) is 0 Å². The van der Waals surface area contributed by atoms with Gasteiger partial charge in [-0.15, -0.1) is 0 Å². The molecule has 0 spiro atoms. The molecule has 1 aromatic rings. The molecular weight excluding hydrogens is 291 g/mol. The fraction of sp³-hybridized carbons (Fsp3) is 0.600. The van der Waals surface area contributed by atoms with E-state index in [1.165, 1.54) is 23.5 Å². The van der Waals surface area contributed by atoms with Crippen LogP contribution in [0.5, 0.6) is 0 Å². The fourth-order valence-electron chi connectivity index (χ4n) is 2.01. The molecule has 0 saturated heterocycles. The van der Waals surface area contributed by atoms with Gasteiger partial charge < -0.3 is 5.32 Å². The van der Waals surface area contributed by atoms with E-state index in [4.69, 9.17) is 0 Å². The molecule has 21 heavy (non-hydrogen) atoms. The van der Waals surface area contributed by atoms with Gasteiger partial charge in [0.25, 0.3) is 0 Å². The van der Waals surface area contributed by atoms with E-state index < -0.39 is 15.8 Å². The second-order valence-corrected chi connectivity index (χ2v) is 7.98. The van der Waals surface area contributed by atoms with Gasteiger partial charge in [-0.1, -0.05) is 33.8 Å². The lowest BCUT2D eigenvalue weighted by Gasteiger charge is -2.21. The van der Waals surface area contributed by atoms with Gasteiger partial charge in [0.1, 0.15) is 5.82 Å². The van der Waals surface area contributed by atoms with E-state index in [9.17, 15) is 12.8 Å². The van der Waals surface area contributed by atoms with Crippen LogP contribution in [0.1, 0.15) is 33.3 Å². The number of sulfonamides is 1. The van der Waals surface area contributed by atoms with Crippen molar-refractivity contribution in [3.63, 3.8) is 0 Å². The molecule has 6 heteroatoms. The Labute approximate surface area is 127 Å². The number of hydrogen-bond acceptors (Lipinski definition) is 3. The molecule has 120 valence electrons. The summed E-state index contributed by atoms with van der Waals surface area (Å²) < 4.78 is 40.0. The van der Waals surface area contributed by atoms with Crippen LogP contribution in [-0.2, 0) is 16.6 Å². The van der Waals surface area contributed by atoms with E-state index in [-0.39, 0.29) is 16.9 Å². The third kappa shape index (κ3) is 5.05. The van der Waals surface area contributed by atoms with Crippen molar-refractivity contribution in [2.24, 2.45) is 5.92 Å². The summed E-state index contributed by atoms with van der Waals surface area (Å²) in [7, 11) is -2.15. The SMILES string of the molecule is CC(C)CN(C)S(=O)(=O)c1cc(F)ccc1CNC(C)C. The van der Waals surface area contributed by atoms with Crippen molar-refractivity contribution < 1.29 is 12.8 Å². The topological polar surface area (TPSA) is 49.4 Å². The van der Waals surface area contributed by atoms with Crippen molar-refractivity contribution in [3.05, 3.63) is 29.6 Å². The van der Waals surface area contributed by atoms with Crippen molar-refractivity contribution in [1.82, 2.24) is 9.62 Å². The van der Waals surface area contributed by atoms with Crippen LogP contribution in [0.15, 0.2) is 23.1 Å². The molecule has 0 aliphatic heterocycles. The van der Waals surface area contributed by atoms with Gasteiger partial charge in [-0.25, -0.2) is 17.1 Å². The maximum Gasteiger partial charge on any atom is 0.243 e. The third-order valence-electron chi connectivity index (χ3n) is 3.04. The lowest BCUT2D eigenvalue weighted by Crippen LogP contribution is -2.32. The quantitative estimate of drug-likeness (QED) is 0.841. The predicted octanol–water partition coefficient (Wildman–Crippen LogP) is 2.60. The molecule has 1 N–H and O–H groups in total. The smallest absolute Gasteiger partial charge is 0.243 e. The highest BCUT2D eigenvalue weighted by molar-refractivity contribution is 7.89. The van der Waals surface area contributed by atoms with E-state index in [0.29, 0.717) is 18.7 Å². The number of nitrogens with zero attached hydrogens (tertiary/aromatic N) is 1. The Morgan fingerprint density at radius 1 is 1.24 bits per heavy atom. The molecule has 0 aliphatic rings. The van der Waals surface area contributed by atoms with Gasteiger partial charge in [-0.3, -0.25) is 0 Å². The van der Waals surface area contributed by atoms with E-state index >= 15 is 0 Å². The predicted molar refractivity (Wildman–Crippen MR) is 83.0 cm³/mol. The first-order chi connectivity index (χ1) is 9.64. The van der Waals surface area contributed by atoms with Crippen LogP contribution in [0.4, 0.5) is 4.39 Å². The Hall–Kier alpha value is -0.980. The van der Waals surface area contributed by atoms with Gasteiger partial charge in [0.2, 0.25) is 10.0 Å². The standard InChI is InChI=1S/C15H25FN2O2S/c1-11(2)10-18(5)21(19,20)15-8-14(16)7-6-13(15)9-17-12(3)4/h6-8,11-12,17H,9-10H2,1-5H3. The first-order valence-electron chi connectivity index (χ1n) is 7.12. The van der Waals surface area contributed by atoms with Gasteiger partial charge in [-0.2, -0.15) is 0 Å². The lowest BCUT2D eigenvalue weighted by atomic mass is 10.2. The maximum atomic E-state index is 13.5. The number of halogens is 1. The minimum Gasteiger partial charge on any atom is -0.310 e. The highest BCUT2D eigenvalue weighted by Gasteiger charge is 2.25. The molecule has 0 atom stereocenters. The van der Waals surface area contributed by atoms with Gasteiger partial charge in [0.15, 0.2) is 0 Å². The van der Waals surface area contributed by atoms with Crippen LogP contribution < -0.4 is 5.32 Å². The van der Waals surface area contributed by atoms with Crippen LogP contribution >= 0.6 is 0 Å². The Morgan fingerprint density at radius 2 is 1.86 bits per heavy atom. The van der Waals surface area contributed by atoms with Crippen LogP contribution in [0, 0.1) is 11.7 Å². The first-order valence-corrected chi connectivity index (χ1v) is 8.56. The molecule has 0 fully saturated rings. The van der Waals surface area contributed by atoms with Crippen molar-refractivity contribution >= 4 is 10.0 Å². The monoisotopic (exact) mass is 316 g/mol. The molecule has 0 saturated carbocycles. The molecule has 0 unspecified atom stereocenters. The zero-order chi connectivity index (χ0) is 16.2. The summed E-state index contributed by atoms with van der Waals surface area (Å²) in [6.07, 6.45) is 0. The summed E-state index contributed by atoms with van der Waals surface area (Å²) >= 11 is 0. The average Bonchev–Trinajstić information content (AvgIpc) is 2.36. The molecule has 0 bridgehead atoms. The van der Waals surface area contributed by atoms with Crippen molar-refractivity contribution in [3.8, 4) is 0 Å². The number of benzene rings is 1. The average molecular weight is 316 g/mol. The van der Waals surface area contributed by atoms with Crippen molar-refractivity contribution in [2.45, 2.75) is 45.2 Å². The highest BCUT2D eigenvalue weighted by Crippen LogP contribution is 2.21. The van der Waals surface area contributed by atoms with Gasteiger partial charge >= 0.3 is 0 Å². The molecule has 0 radical (unpaired) electrons. The summed E-state index contributed by atoms with van der Waals surface area (Å²) in [5.41, 5.74) is 0.584. The second kappa shape index (κ2) is 7.33. The van der Waals surface area contributed by atoms with Gasteiger partial charge in [0.05, 0.1) is 4.90 Å². The molecule has 0 aliphatic carbocycles. The van der Waals surface area contributed by atoms with E-state index in [2.05, 4.69) is 5.32 Å². The number of nitrogens with one attached hydrogen (secondary N) is 1. The largest absolute Gasteiger partial charge is 0.310 e. The van der Waals surface area contributed by atoms with Gasteiger partial charge in [0, 0.05) is 26.2 Å². The minimum absolute atomic E-state index is 0.0406.